The Morgan fingerprint density at radius 1 is 1.50 bits per heavy atom. The van der Waals surface area contributed by atoms with E-state index in [1.54, 1.807) is 6.92 Å². The van der Waals surface area contributed by atoms with E-state index in [0.29, 0.717) is 10.6 Å². The van der Waals surface area contributed by atoms with E-state index >= 15 is 0 Å². The zero-order chi connectivity index (χ0) is 13.9. The highest BCUT2D eigenvalue weighted by Crippen LogP contribution is 2.19. The largest absolute Gasteiger partial charge is 0.416 e. The molecule has 0 aliphatic heterocycles. The Morgan fingerprint density at radius 2 is 2.11 bits per heavy atom. The number of carbonyl (C=O) groups is 1. The summed E-state index contributed by atoms with van der Waals surface area (Å²) in [7, 11) is 0. The molecule has 1 atom stereocenters. The highest BCUT2D eigenvalue weighted by Gasteiger charge is 2.38. The Bertz CT molecular complexity index is 448. The van der Waals surface area contributed by atoms with Crippen molar-refractivity contribution in [2.24, 2.45) is 0 Å². The third-order valence-corrected chi connectivity index (χ3v) is 2.68. The first-order chi connectivity index (χ1) is 8.21. The number of halogens is 4. The van der Waals surface area contributed by atoms with Gasteiger partial charge in [0.2, 0.25) is 0 Å². The van der Waals surface area contributed by atoms with Crippen LogP contribution in [0.1, 0.15) is 15.9 Å². The lowest BCUT2D eigenvalue weighted by atomic mass is 10.1. The molecular weight excluding hydrogens is 271 g/mol. The van der Waals surface area contributed by atoms with Crippen molar-refractivity contribution >= 4 is 17.5 Å². The zero-order valence-corrected chi connectivity index (χ0v) is 10.1. The highest BCUT2D eigenvalue weighted by molar-refractivity contribution is 6.31. The molecule has 18 heavy (non-hydrogen) atoms. The maximum atomic E-state index is 12.0. The number of aliphatic hydroxyl groups is 1. The predicted molar refractivity (Wildman–Crippen MR) is 60.6 cm³/mol. The molecule has 1 amide bonds. The molecule has 3 nitrogen and oxygen atoms in total. The van der Waals surface area contributed by atoms with Crippen LogP contribution in [0.3, 0.4) is 0 Å². The molecule has 0 heterocycles. The van der Waals surface area contributed by atoms with Crippen LogP contribution >= 0.6 is 11.6 Å². The molecule has 0 aliphatic carbocycles. The number of aliphatic hydroxyl groups excluding tert-OH is 1. The van der Waals surface area contributed by atoms with Gasteiger partial charge in [0.1, 0.15) is 0 Å². The summed E-state index contributed by atoms with van der Waals surface area (Å²) in [5, 5.41) is 11.2. The molecule has 0 aromatic heterocycles. The molecule has 1 aromatic rings. The van der Waals surface area contributed by atoms with E-state index in [0.717, 1.165) is 0 Å². The fraction of sp³-hybridized carbons (Fsp3) is 0.364. The van der Waals surface area contributed by atoms with Gasteiger partial charge in [-0.1, -0.05) is 11.6 Å². The summed E-state index contributed by atoms with van der Waals surface area (Å²) < 4.78 is 36.0. The van der Waals surface area contributed by atoms with E-state index in [1.807, 2.05) is 5.32 Å². The Kier molecular flexibility index (Phi) is 4.59. The van der Waals surface area contributed by atoms with Crippen LogP contribution in [-0.2, 0) is 0 Å². The topological polar surface area (TPSA) is 49.3 Å². The maximum absolute atomic E-state index is 12.0. The van der Waals surface area contributed by atoms with Crippen molar-refractivity contribution in [2.45, 2.75) is 19.2 Å². The minimum Gasteiger partial charge on any atom is -0.382 e. The second-order valence-corrected chi connectivity index (χ2v) is 4.14. The average Bonchev–Trinajstić information content (AvgIpc) is 2.27. The van der Waals surface area contributed by atoms with Crippen LogP contribution in [0.25, 0.3) is 0 Å². The number of alkyl halides is 3. The second-order valence-electron chi connectivity index (χ2n) is 3.73. The fourth-order valence-electron chi connectivity index (χ4n) is 1.19. The van der Waals surface area contributed by atoms with Gasteiger partial charge >= 0.3 is 6.18 Å². The van der Waals surface area contributed by atoms with Crippen LogP contribution in [-0.4, -0.2) is 29.8 Å². The van der Waals surface area contributed by atoms with Gasteiger partial charge in [-0.3, -0.25) is 4.79 Å². The van der Waals surface area contributed by atoms with Crippen molar-refractivity contribution in [1.82, 2.24) is 5.32 Å². The molecule has 0 fully saturated rings. The van der Waals surface area contributed by atoms with E-state index < -0.39 is 24.7 Å². The Morgan fingerprint density at radius 3 is 2.61 bits per heavy atom. The van der Waals surface area contributed by atoms with Gasteiger partial charge in [-0.25, -0.2) is 0 Å². The van der Waals surface area contributed by atoms with Crippen molar-refractivity contribution in [3.8, 4) is 0 Å². The lowest BCUT2D eigenvalue weighted by Crippen LogP contribution is -2.40. The standard InChI is InChI=1S/C11H11ClF3NO2/c1-6-4-7(2-3-8(6)12)10(18)16-5-9(17)11(13,14)15/h2-4,9,17H,5H2,1H3,(H,16,18). The Balaban J connectivity index is 2.63. The minimum absolute atomic E-state index is 0.186. The molecule has 0 bridgehead atoms. The lowest BCUT2D eigenvalue weighted by molar-refractivity contribution is -0.201. The Hall–Kier alpha value is -1.27. The van der Waals surface area contributed by atoms with E-state index in [-0.39, 0.29) is 5.56 Å². The summed E-state index contributed by atoms with van der Waals surface area (Å²) in [5.41, 5.74) is 0.826. The predicted octanol–water partition coefficient (Wildman–Crippen LogP) is 2.30. The van der Waals surface area contributed by atoms with Crippen LogP contribution in [0.15, 0.2) is 18.2 Å². The number of hydrogen-bond donors (Lipinski definition) is 2. The molecule has 0 saturated carbocycles. The number of carbonyl (C=O) groups excluding carboxylic acids is 1. The van der Waals surface area contributed by atoms with Crippen LogP contribution in [0.2, 0.25) is 5.02 Å². The molecule has 0 saturated heterocycles. The van der Waals surface area contributed by atoms with E-state index in [2.05, 4.69) is 0 Å². The fourth-order valence-corrected chi connectivity index (χ4v) is 1.31. The van der Waals surface area contributed by atoms with Crippen LogP contribution < -0.4 is 5.32 Å². The summed E-state index contributed by atoms with van der Waals surface area (Å²) in [4.78, 5) is 11.5. The van der Waals surface area contributed by atoms with Crippen LogP contribution in [0.4, 0.5) is 13.2 Å². The van der Waals surface area contributed by atoms with Crippen molar-refractivity contribution in [2.75, 3.05) is 6.54 Å². The Labute approximate surface area is 107 Å². The number of aryl methyl sites for hydroxylation is 1. The summed E-state index contributed by atoms with van der Waals surface area (Å²) in [6.07, 6.45) is -7.32. The van der Waals surface area contributed by atoms with Gasteiger partial charge in [0.05, 0.1) is 6.54 Å². The van der Waals surface area contributed by atoms with Gasteiger partial charge in [-0.15, -0.1) is 0 Å². The monoisotopic (exact) mass is 281 g/mol. The number of hydrogen-bond acceptors (Lipinski definition) is 2. The van der Waals surface area contributed by atoms with Gasteiger partial charge < -0.3 is 10.4 Å². The average molecular weight is 282 g/mol. The van der Waals surface area contributed by atoms with Gasteiger partial charge in [-0.05, 0) is 30.7 Å². The minimum atomic E-state index is -4.75. The van der Waals surface area contributed by atoms with E-state index in [1.165, 1.54) is 18.2 Å². The summed E-state index contributed by atoms with van der Waals surface area (Å²) >= 11 is 5.75. The van der Waals surface area contributed by atoms with Gasteiger partial charge in [0.15, 0.2) is 6.10 Å². The first kappa shape index (κ1) is 14.8. The van der Waals surface area contributed by atoms with Gasteiger partial charge in [0.25, 0.3) is 5.91 Å². The van der Waals surface area contributed by atoms with Gasteiger partial charge in [0, 0.05) is 10.6 Å². The van der Waals surface area contributed by atoms with Crippen molar-refractivity contribution in [3.63, 3.8) is 0 Å². The maximum Gasteiger partial charge on any atom is 0.416 e. The number of rotatable bonds is 3. The number of nitrogens with one attached hydrogen (secondary N) is 1. The zero-order valence-electron chi connectivity index (χ0n) is 9.38. The molecular formula is C11H11ClF3NO2. The molecule has 100 valence electrons. The third-order valence-electron chi connectivity index (χ3n) is 2.25. The number of benzene rings is 1. The van der Waals surface area contributed by atoms with E-state index in [4.69, 9.17) is 16.7 Å². The summed E-state index contributed by atoms with van der Waals surface area (Å²) in [6.45, 7) is 0.785. The van der Waals surface area contributed by atoms with Crippen LogP contribution in [0.5, 0.6) is 0 Å². The lowest BCUT2D eigenvalue weighted by Gasteiger charge is -2.15. The third kappa shape index (κ3) is 3.89. The quantitative estimate of drug-likeness (QED) is 0.893. The smallest absolute Gasteiger partial charge is 0.382 e. The molecule has 1 unspecified atom stereocenters. The summed E-state index contributed by atoms with van der Waals surface area (Å²) in [5.74, 6) is -0.696. The number of amides is 1. The second kappa shape index (κ2) is 5.58. The van der Waals surface area contributed by atoms with Crippen molar-refractivity contribution < 1.29 is 23.1 Å². The van der Waals surface area contributed by atoms with Gasteiger partial charge in [-0.2, -0.15) is 13.2 Å². The molecule has 0 radical (unpaired) electrons. The SMILES string of the molecule is Cc1cc(C(=O)NCC(O)C(F)(F)F)ccc1Cl. The molecule has 7 heteroatoms. The summed E-state index contributed by atoms with van der Waals surface area (Å²) in [6, 6.07) is 4.33. The van der Waals surface area contributed by atoms with Crippen LogP contribution in [0, 0.1) is 6.92 Å². The van der Waals surface area contributed by atoms with E-state index in [9.17, 15) is 18.0 Å². The highest BCUT2D eigenvalue weighted by atomic mass is 35.5. The first-order valence-electron chi connectivity index (χ1n) is 5.01. The first-order valence-corrected chi connectivity index (χ1v) is 5.38. The molecule has 1 rings (SSSR count). The normalized spacial score (nSPS) is 13.2. The molecule has 2 N–H and O–H groups in total. The van der Waals surface area contributed by atoms with Crippen molar-refractivity contribution in [1.29, 1.82) is 0 Å². The van der Waals surface area contributed by atoms with Crippen molar-refractivity contribution in [3.05, 3.63) is 34.3 Å². The molecule has 0 aliphatic rings. The molecule has 0 spiro atoms. The molecule has 1 aromatic carbocycles.